The Balaban J connectivity index is 1.72. The predicted octanol–water partition coefficient (Wildman–Crippen LogP) is 2.17. The van der Waals surface area contributed by atoms with Crippen LogP contribution in [0.3, 0.4) is 0 Å². The third-order valence-electron chi connectivity index (χ3n) is 5.30. The van der Waals surface area contributed by atoms with E-state index in [2.05, 4.69) is 15.5 Å². The van der Waals surface area contributed by atoms with Gasteiger partial charge in [-0.1, -0.05) is 12.1 Å². The van der Waals surface area contributed by atoms with Crippen molar-refractivity contribution in [2.75, 3.05) is 0 Å². The van der Waals surface area contributed by atoms with Gasteiger partial charge in [-0.15, -0.1) is 0 Å². The molecule has 8 nitrogen and oxygen atoms in total. The van der Waals surface area contributed by atoms with Crippen molar-refractivity contribution >= 4 is 16.8 Å². The molecule has 4 aromatic rings. The maximum absolute atomic E-state index is 13.5. The first kappa shape index (κ1) is 21.1. The number of nitrogens with zero attached hydrogens (tertiary/aromatic N) is 4. The van der Waals surface area contributed by atoms with Crippen LogP contribution in [0.2, 0.25) is 0 Å². The first-order chi connectivity index (χ1) is 15.3. The molecule has 9 heteroatoms. The fraction of sp³-hybridized carbons (Fsp3) is 0.174. The second-order valence-electron chi connectivity index (χ2n) is 7.47. The molecule has 0 saturated carbocycles. The summed E-state index contributed by atoms with van der Waals surface area (Å²) < 4.78 is 15.9. The molecule has 0 bridgehead atoms. The van der Waals surface area contributed by atoms with Crippen molar-refractivity contribution < 1.29 is 9.18 Å². The Bertz CT molecular complexity index is 1430. The number of aromatic nitrogens is 4. The lowest BCUT2D eigenvalue weighted by atomic mass is 10.1. The number of hydrogen-bond donors (Lipinski definition) is 1. The number of carbonyl (C=O) groups is 1. The van der Waals surface area contributed by atoms with Crippen LogP contribution in [0.4, 0.5) is 4.39 Å². The number of amides is 1. The molecular formula is C23H20FN5O3. The second kappa shape index (κ2) is 8.54. The molecule has 1 amide bonds. The molecule has 0 fully saturated rings. The van der Waals surface area contributed by atoms with Gasteiger partial charge in [0.05, 0.1) is 29.7 Å². The Labute approximate surface area is 182 Å². The van der Waals surface area contributed by atoms with E-state index in [4.69, 9.17) is 0 Å². The summed E-state index contributed by atoms with van der Waals surface area (Å²) in [5.41, 5.74) is 0.875. The Morgan fingerprint density at radius 1 is 1.12 bits per heavy atom. The largest absolute Gasteiger partial charge is 0.345 e. The van der Waals surface area contributed by atoms with Crippen molar-refractivity contribution in [1.29, 1.82) is 0 Å². The van der Waals surface area contributed by atoms with E-state index in [1.165, 1.54) is 35.0 Å². The third-order valence-corrected chi connectivity index (χ3v) is 5.30. The molecular weight excluding hydrogens is 413 g/mol. The molecule has 1 atom stereocenters. The molecule has 4 rings (SSSR count). The lowest BCUT2D eigenvalue weighted by Gasteiger charge is -2.15. The Morgan fingerprint density at radius 2 is 1.94 bits per heavy atom. The molecule has 0 aliphatic carbocycles. The van der Waals surface area contributed by atoms with Gasteiger partial charge in [-0.05, 0) is 54.4 Å². The minimum Gasteiger partial charge on any atom is -0.345 e. The molecule has 0 saturated heterocycles. The number of aryl methyl sites for hydroxylation is 1. The van der Waals surface area contributed by atoms with Gasteiger partial charge < -0.3 is 5.32 Å². The van der Waals surface area contributed by atoms with Crippen LogP contribution in [0.5, 0.6) is 0 Å². The molecule has 2 aromatic carbocycles. The predicted molar refractivity (Wildman–Crippen MR) is 117 cm³/mol. The van der Waals surface area contributed by atoms with Crippen molar-refractivity contribution in [3.05, 3.63) is 104 Å². The Hall–Kier alpha value is -4.14. The smallest absolute Gasteiger partial charge is 0.331 e. The van der Waals surface area contributed by atoms with Gasteiger partial charge in [-0.3, -0.25) is 18.7 Å². The molecule has 0 radical (unpaired) electrons. The number of rotatable bonds is 5. The summed E-state index contributed by atoms with van der Waals surface area (Å²) in [5, 5.41) is 10.6. The highest BCUT2D eigenvalue weighted by atomic mass is 19.1. The van der Waals surface area contributed by atoms with Crippen LogP contribution in [0, 0.1) is 5.82 Å². The number of hydrogen-bond acceptors (Lipinski definition) is 5. The van der Waals surface area contributed by atoms with Crippen molar-refractivity contribution in [3.63, 3.8) is 0 Å². The van der Waals surface area contributed by atoms with E-state index in [0.717, 1.165) is 10.1 Å². The van der Waals surface area contributed by atoms with Crippen LogP contribution in [-0.4, -0.2) is 25.2 Å². The lowest BCUT2D eigenvalue weighted by molar-refractivity contribution is 0.0940. The minimum atomic E-state index is -0.548. The molecule has 0 spiro atoms. The number of halogens is 1. The average Bonchev–Trinajstić information content (AvgIpc) is 2.80. The quantitative estimate of drug-likeness (QED) is 0.520. The maximum atomic E-state index is 13.5. The first-order valence-corrected chi connectivity index (χ1v) is 9.90. The fourth-order valence-electron chi connectivity index (χ4n) is 3.54. The van der Waals surface area contributed by atoms with E-state index in [-0.39, 0.29) is 29.4 Å². The van der Waals surface area contributed by atoms with Gasteiger partial charge in [0.2, 0.25) is 0 Å². The Kier molecular flexibility index (Phi) is 5.63. The fourth-order valence-corrected chi connectivity index (χ4v) is 3.54. The van der Waals surface area contributed by atoms with Crippen LogP contribution < -0.4 is 16.6 Å². The van der Waals surface area contributed by atoms with Crippen molar-refractivity contribution in [2.45, 2.75) is 19.5 Å². The summed E-state index contributed by atoms with van der Waals surface area (Å²) >= 11 is 0. The topological polar surface area (TPSA) is 98.9 Å². The zero-order valence-electron chi connectivity index (χ0n) is 17.4. The highest BCUT2D eigenvalue weighted by Gasteiger charge is 2.16. The SMILES string of the molecule is CC(NC(=O)c1ccc2c(c1)c(=O)n(Cc1cccc(F)c1)c(=O)n2C)c1ccnnc1. The van der Waals surface area contributed by atoms with E-state index >= 15 is 0 Å². The lowest BCUT2D eigenvalue weighted by Crippen LogP contribution is -2.39. The summed E-state index contributed by atoms with van der Waals surface area (Å²) in [7, 11) is 1.55. The number of carbonyl (C=O) groups excluding carboxylic acids is 1. The van der Waals surface area contributed by atoms with Crippen LogP contribution in [0.25, 0.3) is 10.9 Å². The van der Waals surface area contributed by atoms with Crippen LogP contribution >= 0.6 is 0 Å². The molecule has 1 N–H and O–H groups in total. The first-order valence-electron chi connectivity index (χ1n) is 9.90. The molecule has 2 heterocycles. The zero-order chi connectivity index (χ0) is 22.8. The molecule has 0 aliphatic rings. The van der Waals surface area contributed by atoms with E-state index in [9.17, 15) is 18.8 Å². The van der Waals surface area contributed by atoms with E-state index in [1.54, 1.807) is 37.5 Å². The van der Waals surface area contributed by atoms with Crippen molar-refractivity contribution in [1.82, 2.24) is 24.6 Å². The van der Waals surface area contributed by atoms with Crippen molar-refractivity contribution in [3.8, 4) is 0 Å². The Morgan fingerprint density at radius 3 is 2.66 bits per heavy atom. The van der Waals surface area contributed by atoms with E-state index in [0.29, 0.717) is 11.1 Å². The standard InChI is InChI=1S/C23H20FN5O3/c1-14(17-8-9-25-26-12-17)27-21(30)16-6-7-20-19(11-16)22(31)29(23(32)28(20)2)13-15-4-3-5-18(24)10-15/h3-12,14H,13H2,1-2H3,(H,27,30). The summed E-state index contributed by atoms with van der Waals surface area (Å²) in [4.78, 5) is 38.7. The number of benzene rings is 2. The molecule has 2 aromatic heterocycles. The molecule has 0 aliphatic heterocycles. The van der Waals surface area contributed by atoms with Gasteiger partial charge >= 0.3 is 5.69 Å². The maximum Gasteiger partial charge on any atom is 0.331 e. The van der Waals surface area contributed by atoms with Crippen molar-refractivity contribution in [2.24, 2.45) is 7.05 Å². The van der Waals surface area contributed by atoms with Crippen LogP contribution in [0.15, 0.2) is 70.5 Å². The zero-order valence-corrected chi connectivity index (χ0v) is 17.4. The third kappa shape index (κ3) is 4.04. The summed E-state index contributed by atoms with van der Waals surface area (Å²) in [6.07, 6.45) is 3.10. The average molecular weight is 433 g/mol. The van der Waals surface area contributed by atoms with Gasteiger partial charge in [0.15, 0.2) is 0 Å². The molecule has 1 unspecified atom stereocenters. The van der Waals surface area contributed by atoms with Gasteiger partial charge in [0.25, 0.3) is 11.5 Å². The second-order valence-corrected chi connectivity index (χ2v) is 7.47. The highest BCUT2D eigenvalue weighted by molar-refractivity contribution is 5.98. The minimum absolute atomic E-state index is 0.0816. The monoisotopic (exact) mass is 433 g/mol. The van der Waals surface area contributed by atoms with Gasteiger partial charge in [0, 0.05) is 18.8 Å². The van der Waals surface area contributed by atoms with E-state index < -0.39 is 17.1 Å². The normalized spacial score (nSPS) is 12.0. The summed E-state index contributed by atoms with van der Waals surface area (Å²) in [5.74, 6) is -0.827. The number of fused-ring (bicyclic) bond motifs is 1. The van der Waals surface area contributed by atoms with Gasteiger partial charge in [-0.25, -0.2) is 9.18 Å². The van der Waals surface area contributed by atoms with Crippen LogP contribution in [0.1, 0.15) is 34.5 Å². The number of nitrogens with one attached hydrogen (secondary N) is 1. The van der Waals surface area contributed by atoms with E-state index in [1.807, 2.05) is 6.92 Å². The molecule has 162 valence electrons. The highest BCUT2D eigenvalue weighted by Crippen LogP contribution is 2.14. The van der Waals surface area contributed by atoms with Gasteiger partial charge in [0.1, 0.15) is 5.82 Å². The van der Waals surface area contributed by atoms with Crippen LogP contribution in [-0.2, 0) is 13.6 Å². The molecule has 32 heavy (non-hydrogen) atoms. The summed E-state index contributed by atoms with van der Waals surface area (Å²) in [6.45, 7) is 1.73. The van der Waals surface area contributed by atoms with Gasteiger partial charge in [-0.2, -0.15) is 10.2 Å². The summed E-state index contributed by atoms with van der Waals surface area (Å²) in [6, 6.07) is 11.7.